The number of hydrogen-bond donors (Lipinski definition) is 1. The average molecular weight is 451 g/mol. The second-order valence-corrected chi connectivity index (χ2v) is 9.14. The molecule has 2 aromatic rings. The Morgan fingerprint density at radius 2 is 1.58 bits per heavy atom. The van der Waals surface area contributed by atoms with Gasteiger partial charge < -0.3 is 14.5 Å². The van der Waals surface area contributed by atoms with Crippen molar-refractivity contribution >= 4 is 27.5 Å². The maximum absolute atomic E-state index is 12.6. The summed E-state index contributed by atoms with van der Waals surface area (Å²) in [4.78, 5) is 30.4. The lowest BCUT2D eigenvalue weighted by Gasteiger charge is -2.04. The van der Waals surface area contributed by atoms with E-state index in [4.69, 9.17) is 9.15 Å². The molecule has 0 spiro atoms. The third kappa shape index (κ3) is 8.28. The quantitative estimate of drug-likeness (QED) is 0.300. The normalized spacial score (nSPS) is 11.2. The summed E-state index contributed by atoms with van der Waals surface area (Å²) >= 11 is 1.22. The van der Waals surface area contributed by atoms with E-state index in [0.29, 0.717) is 33.8 Å². The molecule has 0 saturated heterocycles. The molecule has 0 aliphatic heterocycles. The lowest BCUT2D eigenvalue weighted by Crippen LogP contribution is -2.24. The van der Waals surface area contributed by atoms with E-state index >= 15 is 0 Å². The summed E-state index contributed by atoms with van der Waals surface area (Å²) in [6, 6.07) is 0. The van der Waals surface area contributed by atoms with Gasteiger partial charge in [0.15, 0.2) is 0 Å². The summed E-state index contributed by atoms with van der Waals surface area (Å²) in [6.07, 6.45) is 14.0. The summed E-state index contributed by atoms with van der Waals surface area (Å²) in [5.74, 6) is -0.150. The Kier molecular flexibility index (Phi) is 11.6. The first-order chi connectivity index (χ1) is 15.1. The van der Waals surface area contributed by atoms with Gasteiger partial charge in [0.1, 0.15) is 10.2 Å². The number of ether oxygens (including phenoxy) is 1. The lowest BCUT2D eigenvalue weighted by molar-refractivity contribution is 0.0956. The van der Waals surface area contributed by atoms with E-state index in [0.717, 1.165) is 25.7 Å². The Morgan fingerprint density at radius 3 is 2.26 bits per heavy atom. The molecule has 0 saturated carbocycles. The second kappa shape index (κ2) is 14.2. The molecule has 0 bridgehead atoms. The molecule has 0 aliphatic carbocycles. The third-order valence-corrected chi connectivity index (χ3v) is 6.64. The van der Waals surface area contributed by atoms with Gasteiger partial charge in [0.05, 0.1) is 11.5 Å². The van der Waals surface area contributed by atoms with Crippen molar-refractivity contribution in [3.8, 4) is 6.08 Å². The van der Waals surface area contributed by atoms with Gasteiger partial charge in [-0.05, 0) is 25.3 Å². The standard InChI is InChI=1S/C24H38N2O4S/c1-4-6-8-10-12-14-16-25-21(27)20-18(3)19-22(31-20)26-24(30-23(19)28)29-17-15-13-11-9-7-5-2/h4-17H2,1-3H3,(H,25,27). The van der Waals surface area contributed by atoms with Crippen LogP contribution in [0, 0.1) is 6.92 Å². The Balaban J connectivity index is 1.88. The van der Waals surface area contributed by atoms with Gasteiger partial charge in [-0.25, -0.2) is 4.79 Å². The topological polar surface area (TPSA) is 81.4 Å². The molecule has 31 heavy (non-hydrogen) atoms. The van der Waals surface area contributed by atoms with Gasteiger partial charge in [0.25, 0.3) is 5.91 Å². The Bertz CT molecular complexity index is 859. The minimum Gasteiger partial charge on any atom is -0.450 e. The molecular weight excluding hydrogens is 412 g/mol. The van der Waals surface area contributed by atoms with Gasteiger partial charge in [0.2, 0.25) is 0 Å². The summed E-state index contributed by atoms with van der Waals surface area (Å²) in [5.41, 5.74) is 0.135. The highest BCUT2D eigenvalue weighted by atomic mass is 32.1. The van der Waals surface area contributed by atoms with Crippen LogP contribution in [0.15, 0.2) is 9.21 Å². The van der Waals surface area contributed by atoms with Crippen molar-refractivity contribution in [2.24, 2.45) is 0 Å². The average Bonchev–Trinajstić information content (AvgIpc) is 3.09. The van der Waals surface area contributed by atoms with Crippen molar-refractivity contribution in [3.63, 3.8) is 0 Å². The molecular formula is C24H38N2O4S. The van der Waals surface area contributed by atoms with Crippen LogP contribution in [0.1, 0.15) is 106 Å². The van der Waals surface area contributed by atoms with E-state index in [1.807, 2.05) is 0 Å². The second-order valence-electron chi connectivity index (χ2n) is 8.14. The van der Waals surface area contributed by atoms with E-state index in [1.54, 1.807) is 6.92 Å². The lowest BCUT2D eigenvalue weighted by atomic mass is 10.1. The zero-order valence-corrected chi connectivity index (χ0v) is 20.2. The van der Waals surface area contributed by atoms with Crippen LogP contribution >= 0.6 is 11.3 Å². The van der Waals surface area contributed by atoms with Crippen LogP contribution in [0.4, 0.5) is 0 Å². The molecule has 2 heterocycles. The number of carbonyl (C=O) groups excluding carboxylic acids is 1. The first kappa shape index (κ1) is 25.4. The van der Waals surface area contributed by atoms with Crippen molar-refractivity contribution in [2.75, 3.05) is 13.2 Å². The number of amides is 1. The van der Waals surface area contributed by atoms with Crippen molar-refractivity contribution in [2.45, 2.75) is 97.8 Å². The molecule has 1 amide bonds. The Morgan fingerprint density at radius 1 is 0.968 bits per heavy atom. The van der Waals surface area contributed by atoms with Gasteiger partial charge in [-0.3, -0.25) is 4.79 Å². The molecule has 174 valence electrons. The fraction of sp³-hybridized carbons (Fsp3) is 0.708. The number of thiophene rings is 1. The molecule has 1 N–H and O–H groups in total. The number of nitrogens with one attached hydrogen (secondary N) is 1. The summed E-state index contributed by atoms with van der Waals surface area (Å²) in [7, 11) is 0. The van der Waals surface area contributed by atoms with Crippen molar-refractivity contribution in [3.05, 3.63) is 20.9 Å². The van der Waals surface area contributed by atoms with Gasteiger partial charge in [-0.15, -0.1) is 11.3 Å². The number of aryl methyl sites for hydroxylation is 1. The summed E-state index contributed by atoms with van der Waals surface area (Å²) < 4.78 is 10.8. The number of nitrogens with zero attached hydrogens (tertiary/aromatic N) is 1. The maximum Gasteiger partial charge on any atom is 0.397 e. The predicted octanol–water partition coefficient (Wildman–Crippen LogP) is 6.39. The van der Waals surface area contributed by atoms with E-state index in [1.165, 1.54) is 62.7 Å². The molecule has 7 heteroatoms. The fourth-order valence-electron chi connectivity index (χ4n) is 3.56. The van der Waals surface area contributed by atoms with Gasteiger partial charge in [-0.2, -0.15) is 4.98 Å². The zero-order valence-electron chi connectivity index (χ0n) is 19.4. The van der Waals surface area contributed by atoms with Crippen LogP contribution in [-0.4, -0.2) is 24.0 Å². The monoisotopic (exact) mass is 450 g/mol. The molecule has 6 nitrogen and oxygen atoms in total. The maximum atomic E-state index is 12.6. The minimum atomic E-state index is -0.494. The molecule has 0 aliphatic rings. The number of fused-ring (bicyclic) bond motifs is 1. The number of aromatic nitrogens is 1. The minimum absolute atomic E-state index is 0.00801. The van der Waals surface area contributed by atoms with Gasteiger partial charge in [-0.1, -0.05) is 78.1 Å². The van der Waals surface area contributed by atoms with Crippen LogP contribution in [-0.2, 0) is 0 Å². The van der Waals surface area contributed by atoms with Crippen LogP contribution < -0.4 is 15.7 Å². The van der Waals surface area contributed by atoms with Crippen LogP contribution in [0.3, 0.4) is 0 Å². The van der Waals surface area contributed by atoms with E-state index < -0.39 is 5.63 Å². The zero-order chi connectivity index (χ0) is 22.5. The molecule has 0 unspecified atom stereocenters. The van der Waals surface area contributed by atoms with E-state index in [-0.39, 0.29) is 12.0 Å². The highest BCUT2D eigenvalue weighted by Crippen LogP contribution is 2.28. The molecule has 2 aromatic heterocycles. The smallest absolute Gasteiger partial charge is 0.397 e. The number of unbranched alkanes of at least 4 members (excludes halogenated alkanes) is 10. The predicted molar refractivity (Wildman–Crippen MR) is 127 cm³/mol. The SMILES string of the molecule is CCCCCCCCNC(=O)c1sc2nc(OCCCCCCCC)oc(=O)c2c1C. The van der Waals surface area contributed by atoms with Crippen LogP contribution in [0.5, 0.6) is 6.08 Å². The van der Waals surface area contributed by atoms with Gasteiger partial charge >= 0.3 is 11.7 Å². The molecule has 0 fully saturated rings. The fourth-order valence-corrected chi connectivity index (χ4v) is 4.63. The van der Waals surface area contributed by atoms with E-state index in [9.17, 15) is 9.59 Å². The number of hydrogen-bond acceptors (Lipinski definition) is 6. The van der Waals surface area contributed by atoms with Crippen molar-refractivity contribution in [1.82, 2.24) is 10.3 Å². The molecule has 0 aromatic carbocycles. The van der Waals surface area contributed by atoms with E-state index in [2.05, 4.69) is 24.1 Å². The first-order valence-electron chi connectivity index (χ1n) is 11.9. The molecule has 0 radical (unpaired) electrons. The van der Waals surface area contributed by atoms with Crippen molar-refractivity contribution < 1.29 is 13.9 Å². The molecule has 0 atom stereocenters. The Labute approximate surface area is 189 Å². The van der Waals surface area contributed by atoms with Crippen molar-refractivity contribution in [1.29, 1.82) is 0 Å². The van der Waals surface area contributed by atoms with Crippen LogP contribution in [0.25, 0.3) is 10.2 Å². The number of carbonyl (C=O) groups is 1. The third-order valence-electron chi connectivity index (χ3n) is 5.45. The highest BCUT2D eigenvalue weighted by Gasteiger charge is 2.20. The molecule has 2 rings (SSSR count). The highest BCUT2D eigenvalue weighted by molar-refractivity contribution is 7.20. The number of rotatable bonds is 16. The first-order valence-corrected chi connectivity index (χ1v) is 12.7. The summed E-state index contributed by atoms with van der Waals surface area (Å²) in [6.45, 7) is 7.29. The summed E-state index contributed by atoms with van der Waals surface area (Å²) in [5, 5.41) is 3.34. The largest absolute Gasteiger partial charge is 0.450 e. The van der Waals surface area contributed by atoms with Crippen LogP contribution in [0.2, 0.25) is 0 Å². The Hall–Kier alpha value is -1.89. The van der Waals surface area contributed by atoms with Gasteiger partial charge in [0, 0.05) is 6.54 Å².